The summed E-state index contributed by atoms with van der Waals surface area (Å²) in [5.74, 6) is 3.52. The number of hydrogen-bond acceptors (Lipinski definition) is 8. The number of nitrogens with two attached hydrogens (primary N) is 1. The van der Waals surface area contributed by atoms with Crippen LogP contribution in [0, 0.1) is 15.9 Å². The van der Waals surface area contributed by atoms with Crippen LogP contribution >= 0.6 is 0 Å². The zero-order valence-electron chi connectivity index (χ0n) is 10.9. The lowest BCUT2D eigenvalue weighted by molar-refractivity contribution is -0.383. The van der Waals surface area contributed by atoms with E-state index < -0.39 is 22.3 Å². The Bertz CT molecular complexity index is 707. The van der Waals surface area contributed by atoms with E-state index in [0.29, 0.717) is 0 Å². The molecule has 0 bridgehead atoms. The van der Waals surface area contributed by atoms with Crippen LogP contribution in [0.5, 0.6) is 0 Å². The van der Waals surface area contributed by atoms with Gasteiger partial charge < -0.3 is 5.43 Å². The van der Waals surface area contributed by atoms with Gasteiger partial charge in [0.2, 0.25) is 11.6 Å². The normalized spacial score (nSPS) is 9.91. The summed E-state index contributed by atoms with van der Waals surface area (Å²) < 4.78 is 12.8. The molecule has 114 valence electrons. The van der Waals surface area contributed by atoms with Crippen LogP contribution in [-0.2, 0) is 0 Å². The number of benzene rings is 1. The number of nitrogens with zero attached hydrogens (tertiary/aromatic N) is 3. The predicted octanol–water partition coefficient (Wildman–Crippen LogP) is 0.566. The van der Waals surface area contributed by atoms with E-state index in [0.717, 1.165) is 18.5 Å². The van der Waals surface area contributed by atoms with Crippen molar-refractivity contribution in [3.05, 3.63) is 52.1 Å². The highest BCUT2D eigenvalue weighted by atomic mass is 19.1. The van der Waals surface area contributed by atoms with Crippen LogP contribution in [0.2, 0.25) is 0 Å². The van der Waals surface area contributed by atoms with Gasteiger partial charge in [0.1, 0.15) is 12.1 Å². The van der Waals surface area contributed by atoms with Gasteiger partial charge in [-0.25, -0.2) is 20.2 Å². The van der Waals surface area contributed by atoms with Crippen LogP contribution in [0.1, 0.15) is 10.4 Å². The van der Waals surface area contributed by atoms with Gasteiger partial charge in [-0.2, -0.15) is 0 Å². The van der Waals surface area contributed by atoms with Crippen molar-refractivity contribution in [3.8, 4) is 0 Å². The number of rotatable bonds is 5. The van der Waals surface area contributed by atoms with Crippen LogP contribution in [0.25, 0.3) is 0 Å². The van der Waals surface area contributed by atoms with Crippen molar-refractivity contribution < 1.29 is 14.1 Å². The molecule has 0 aliphatic rings. The van der Waals surface area contributed by atoms with E-state index in [2.05, 4.69) is 26.2 Å². The lowest BCUT2D eigenvalue weighted by atomic mass is 10.2. The molecule has 2 rings (SSSR count). The second kappa shape index (κ2) is 6.41. The average molecular weight is 307 g/mol. The number of aromatic nitrogens is 2. The number of anilines is 2. The minimum Gasteiger partial charge on any atom is -0.303 e. The van der Waals surface area contributed by atoms with Gasteiger partial charge >= 0.3 is 5.69 Å². The molecule has 22 heavy (non-hydrogen) atoms. The largest absolute Gasteiger partial charge is 0.356 e. The summed E-state index contributed by atoms with van der Waals surface area (Å²) in [6.45, 7) is 0. The Hall–Kier alpha value is -3.34. The van der Waals surface area contributed by atoms with Crippen molar-refractivity contribution in [1.29, 1.82) is 0 Å². The molecule has 0 atom stereocenters. The van der Waals surface area contributed by atoms with Crippen molar-refractivity contribution in [2.45, 2.75) is 0 Å². The molecule has 0 unspecified atom stereocenters. The van der Waals surface area contributed by atoms with Crippen LogP contribution in [0.4, 0.5) is 21.7 Å². The minimum absolute atomic E-state index is 0.155. The Morgan fingerprint density at radius 2 is 1.86 bits per heavy atom. The SMILES string of the molecule is NNc1ncnc(NNC(=O)c2ccc(F)cc2)c1[N+](=O)[O-]. The van der Waals surface area contributed by atoms with E-state index in [4.69, 9.17) is 5.84 Å². The van der Waals surface area contributed by atoms with Crippen molar-refractivity contribution in [2.24, 2.45) is 5.84 Å². The maximum absolute atomic E-state index is 12.8. The fourth-order valence-corrected chi connectivity index (χ4v) is 1.54. The number of nitrogens with one attached hydrogen (secondary N) is 3. The molecule has 0 saturated carbocycles. The molecule has 2 aromatic rings. The fourth-order valence-electron chi connectivity index (χ4n) is 1.54. The number of carbonyl (C=O) groups excluding carboxylic acids is 1. The van der Waals surface area contributed by atoms with Crippen LogP contribution < -0.4 is 22.1 Å². The molecule has 11 heteroatoms. The number of amides is 1. The summed E-state index contributed by atoms with van der Waals surface area (Å²) >= 11 is 0. The molecule has 1 aromatic heterocycles. The maximum atomic E-state index is 12.8. The molecular weight excluding hydrogens is 297 g/mol. The molecule has 1 aromatic carbocycles. The summed E-state index contributed by atoms with van der Waals surface area (Å²) in [6, 6.07) is 4.73. The van der Waals surface area contributed by atoms with Gasteiger partial charge in [0.05, 0.1) is 4.92 Å². The third-order valence-corrected chi connectivity index (χ3v) is 2.54. The highest BCUT2D eigenvalue weighted by molar-refractivity contribution is 5.95. The van der Waals surface area contributed by atoms with Crippen LogP contribution in [0.3, 0.4) is 0 Å². The molecule has 5 N–H and O–H groups in total. The highest BCUT2D eigenvalue weighted by Crippen LogP contribution is 2.27. The predicted molar refractivity (Wildman–Crippen MR) is 74.0 cm³/mol. The van der Waals surface area contributed by atoms with Crippen molar-refractivity contribution in [3.63, 3.8) is 0 Å². The standard InChI is InChI=1S/C11H10FN7O3/c12-7-3-1-6(2-4-7)11(20)18-17-10-8(19(21)22)9(16-13)14-5-15-10/h1-5H,13H2,(H,18,20)(H2,14,15,16,17). The van der Waals surface area contributed by atoms with Crippen molar-refractivity contribution >= 4 is 23.2 Å². The van der Waals surface area contributed by atoms with Gasteiger partial charge in [0.25, 0.3) is 5.91 Å². The molecule has 0 aliphatic carbocycles. The van der Waals surface area contributed by atoms with E-state index in [1.165, 1.54) is 12.1 Å². The zero-order valence-corrected chi connectivity index (χ0v) is 10.9. The third-order valence-electron chi connectivity index (χ3n) is 2.54. The van der Waals surface area contributed by atoms with Crippen LogP contribution in [0.15, 0.2) is 30.6 Å². The second-order valence-electron chi connectivity index (χ2n) is 3.91. The molecule has 10 nitrogen and oxygen atoms in total. The summed E-state index contributed by atoms with van der Waals surface area (Å²) in [7, 11) is 0. The van der Waals surface area contributed by atoms with E-state index in [9.17, 15) is 19.3 Å². The second-order valence-corrected chi connectivity index (χ2v) is 3.91. The third kappa shape index (κ3) is 3.21. The number of nitro groups is 1. The summed E-state index contributed by atoms with van der Waals surface area (Å²) in [5, 5.41) is 11.0. The summed E-state index contributed by atoms with van der Waals surface area (Å²) in [6.07, 6.45) is 1.02. The first-order chi connectivity index (χ1) is 10.5. The van der Waals surface area contributed by atoms with Crippen molar-refractivity contribution in [2.75, 3.05) is 10.9 Å². The van der Waals surface area contributed by atoms with E-state index in [1.807, 2.05) is 0 Å². The fraction of sp³-hybridized carbons (Fsp3) is 0. The Morgan fingerprint density at radius 3 is 2.45 bits per heavy atom. The Balaban J connectivity index is 2.16. The first kappa shape index (κ1) is 15.1. The van der Waals surface area contributed by atoms with Gasteiger partial charge in [-0.3, -0.25) is 25.8 Å². The average Bonchev–Trinajstić information content (AvgIpc) is 2.52. The summed E-state index contributed by atoms with van der Waals surface area (Å²) in [4.78, 5) is 29.3. The lowest BCUT2D eigenvalue weighted by Gasteiger charge is -2.09. The van der Waals surface area contributed by atoms with E-state index >= 15 is 0 Å². The number of halogens is 1. The van der Waals surface area contributed by atoms with Gasteiger partial charge in [-0.15, -0.1) is 0 Å². The van der Waals surface area contributed by atoms with Gasteiger partial charge in [0.15, 0.2) is 0 Å². The monoisotopic (exact) mass is 307 g/mol. The van der Waals surface area contributed by atoms with Crippen molar-refractivity contribution in [1.82, 2.24) is 15.4 Å². The molecule has 1 heterocycles. The molecule has 0 spiro atoms. The first-order valence-corrected chi connectivity index (χ1v) is 5.81. The molecule has 1 amide bonds. The van der Waals surface area contributed by atoms with Gasteiger partial charge in [-0.1, -0.05) is 0 Å². The number of hydrogen-bond donors (Lipinski definition) is 4. The number of carbonyl (C=O) groups is 1. The minimum atomic E-state index is -0.762. The molecular formula is C11H10FN7O3. The molecule has 0 radical (unpaired) electrons. The quantitative estimate of drug-likeness (QED) is 0.356. The first-order valence-electron chi connectivity index (χ1n) is 5.81. The molecule has 0 aliphatic heterocycles. The highest BCUT2D eigenvalue weighted by Gasteiger charge is 2.22. The van der Waals surface area contributed by atoms with Gasteiger partial charge in [-0.05, 0) is 24.3 Å². The Kier molecular flexibility index (Phi) is 4.38. The van der Waals surface area contributed by atoms with E-state index in [-0.39, 0.29) is 17.2 Å². The Labute approximate surface area is 122 Å². The number of hydrazine groups is 2. The van der Waals surface area contributed by atoms with Gasteiger partial charge in [0, 0.05) is 5.56 Å². The summed E-state index contributed by atoms with van der Waals surface area (Å²) in [5.41, 5.74) is 6.18. The lowest BCUT2D eigenvalue weighted by Crippen LogP contribution is -2.30. The van der Waals surface area contributed by atoms with Crippen LogP contribution in [-0.4, -0.2) is 20.8 Å². The zero-order chi connectivity index (χ0) is 16.1. The topological polar surface area (TPSA) is 148 Å². The van der Waals surface area contributed by atoms with E-state index in [1.54, 1.807) is 0 Å². The number of nitrogen functional groups attached to an aromatic ring is 1. The molecule has 0 saturated heterocycles. The maximum Gasteiger partial charge on any atom is 0.356 e. The Morgan fingerprint density at radius 1 is 1.23 bits per heavy atom. The smallest absolute Gasteiger partial charge is 0.303 e. The molecule has 0 fully saturated rings.